The average Bonchev–Trinajstić information content (AvgIpc) is 3.18. The molecule has 0 atom stereocenters. The van der Waals surface area contributed by atoms with Gasteiger partial charge in [-0.1, -0.05) is 18.2 Å². The first-order chi connectivity index (χ1) is 11.6. The molecule has 0 saturated carbocycles. The van der Waals surface area contributed by atoms with Crippen LogP contribution in [0.2, 0.25) is 0 Å². The Morgan fingerprint density at radius 2 is 2.17 bits per heavy atom. The van der Waals surface area contributed by atoms with Crippen molar-refractivity contribution in [2.75, 3.05) is 13.2 Å². The number of hydrogen-bond acceptors (Lipinski definition) is 4. The van der Waals surface area contributed by atoms with Crippen LogP contribution in [0, 0.1) is 6.92 Å². The van der Waals surface area contributed by atoms with Crippen molar-refractivity contribution >= 4 is 23.2 Å². The van der Waals surface area contributed by atoms with Crippen LogP contribution in [0.25, 0.3) is 10.4 Å². The Hall–Kier alpha value is -2.44. The van der Waals surface area contributed by atoms with Crippen LogP contribution in [0.4, 0.5) is 0 Å². The maximum Gasteiger partial charge on any atom is 0.250 e. The Balaban J connectivity index is 1.70. The normalized spacial score (nSPS) is 14.0. The Labute approximate surface area is 144 Å². The van der Waals surface area contributed by atoms with Crippen molar-refractivity contribution in [3.05, 3.63) is 58.0 Å². The number of nitrogens with one attached hydrogen (secondary N) is 2. The van der Waals surface area contributed by atoms with Gasteiger partial charge in [0.05, 0.1) is 12.2 Å². The van der Waals surface area contributed by atoms with Crippen LogP contribution in [0.3, 0.4) is 0 Å². The van der Waals surface area contributed by atoms with Gasteiger partial charge in [-0.05, 0) is 36.2 Å². The third-order valence-electron chi connectivity index (χ3n) is 3.90. The third-order valence-corrected chi connectivity index (χ3v) is 4.95. The summed E-state index contributed by atoms with van der Waals surface area (Å²) in [5, 5.41) is 14.6. The van der Waals surface area contributed by atoms with Gasteiger partial charge >= 0.3 is 0 Å². The summed E-state index contributed by atoms with van der Waals surface area (Å²) in [5.41, 5.74) is 2.56. The predicted molar refractivity (Wildman–Crippen MR) is 93.5 cm³/mol. The van der Waals surface area contributed by atoms with Gasteiger partial charge in [0, 0.05) is 28.4 Å². The molecule has 0 aliphatic carbocycles. The summed E-state index contributed by atoms with van der Waals surface area (Å²) in [7, 11) is 0. The molecule has 5 nitrogen and oxygen atoms in total. The molecule has 2 amide bonds. The monoisotopic (exact) mass is 342 g/mol. The maximum atomic E-state index is 12.2. The molecule has 1 aromatic heterocycles. The van der Waals surface area contributed by atoms with Crippen LogP contribution in [-0.2, 0) is 16.1 Å². The van der Waals surface area contributed by atoms with E-state index in [2.05, 4.69) is 29.7 Å². The van der Waals surface area contributed by atoms with Gasteiger partial charge in [-0.2, -0.15) is 0 Å². The smallest absolute Gasteiger partial charge is 0.250 e. The van der Waals surface area contributed by atoms with E-state index in [1.165, 1.54) is 9.75 Å². The molecule has 24 heavy (non-hydrogen) atoms. The van der Waals surface area contributed by atoms with E-state index in [1.54, 1.807) is 11.3 Å². The highest BCUT2D eigenvalue weighted by Gasteiger charge is 2.26. The summed E-state index contributed by atoms with van der Waals surface area (Å²) in [5.74, 6) is -0.701. The number of rotatable bonds is 5. The Morgan fingerprint density at radius 3 is 2.88 bits per heavy atom. The van der Waals surface area contributed by atoms with Crippen molar-refractivity contribution in [1.29, 1.82) is 0 Å². The standard InChI is InChI=1S/C18H18N2O3S/c1-11-5-6-16(24-11)13-4-2-3-12(7-13)8-19-17(22)14-9-20-18(23)15(14)10-21/h2-7,21H,8-10H2,1H3,(H,19,22)(H,20,23). The first-order valence-electron chi connectivity index (χ1n) is 7.63. The number of aliphatic hydroxyl groups excluding tert-OH is 1. The zero-order valence-corrected chi connectivity index (χ0v) is 14.1. The molecule has 0 bridgehead atoms. The van der Waals surface area contributed by atoms with Crippen molar-refractivity contribution in [3.8, 4) is 10.4 Å². The highest BCUT2D eigenvalue weighted by Crippen LogP contribution is 2.28. The van der Waals surface area contributed by atoms with Gasteiger partial charge in [0.25, 0.3) is 0 Å². The highest BCUT2D eigenvalue weighted by molar-refractivity contribution is 7.15. The molecule has 1 aliphatic heterocycles. The van der Waals surface area contributed by atoms with Gasteiger partial charge in [-0.3, -0.25) is 9.59 Å². The van der Waals surface area contributed by atoms with Crippen LogP contribution in [0.15, 0.2) is 47.5 Å². The minimum absolute atomic E-state index is 0.148. The van der Waals surface area contributed by atoms with E-state index in [4.69, 9.17) is 0 Å². The van der Waals surface area contributed by atoms with Crippen LogP contribution in [-0.4, -0.2) is 30.1 Å². The van der Waals surface area contributed by atoms with E-state index in [1.807, 2.05) is 24.3 Å². The number of aryl methyl sites for hydroxylation is 1. The second kappa shape index (κ2) is 6.98. The van der Waals surface area contributed by atoms with Gasteiger partial charge in [-0.15, -0.1) is 11.3 Å². The fourth-order valence-electron chi connectivity index (χ4n) is 2.62. The fraction of sp³-hybridized carbons (Fsp3) is 0.222. The fourth-order valence-corrected chi connectivity index (χ4v) is 3.48. The summed E-state index contributed by atoms with van der Waals surface area (Å²) in [4.78, 5) is 26.2. The van der Waals surface area contributed by atoms with Crippen molar-refractivity contribution in [2.24, 2.45) is 0 Å². The minimum Gasteiger partial charge on any atom is -0.391 e. The number of carbonyl (C=O) groups excluding carboxylic acids is 2. The molecule has 0 unspecified atom stereocenters. The molecule has 1 aromatic carbocycles. The molecule has 0 saturated heterocycles. The lowest BCUT2D eigenvalue weighted by Gasteiger charge is -2.08. The van der Waals surface area contributed by atoms with E-state index < -0.39 is 6.61 Å². The van der Waals surface area contributed by atoms with Gasteiger partial charge in [0.15, 0.2) is 0 Å². The summed E-state index contributed by atoms with van der Waals surface area (Å²) in [6.07, 6.45) is 0. The van der Waals surface area contributed by atoms with E-state index in [-0.39, 0.29) is 23.9 Å². The molecular weight excluding hydrogens is 324 g/mol. The van der Waals surface area contributed by atoms with E-state index >= 15 is 0 Å². The SMILES string of the molecule is Cc1ccc(-c2cccc(CNC(=O)C3=C(CO)C(=O)NC3)c2)s1. The van der Waals surface area contributed by atoms with Crippen molar-refractivity contribution in [2.45, 2.75) is 13.5 Å². The Bertz CT molecular complexity index is 823. The molecule has 0 fully saturated rings. The lowest BCUT2D eigenvalue weighted by Crippen LogP contribution is -2.27. The first kappa shape index (κ1) is 16.4. The van der Waals surface area contributed by atoms with Crippen LogP contribution >= 0.6 is 11.3 Å². The Kier molecular flexibility index (Phi) is 4.78. The van der Waals surface area contributed by atoms with E-state index in [0.717, 1.165) is 11.1 Å². The maximum absolute atomic E-state index is 12.2. The third kappa shape index (κ3) is 3.39. The molecule has 124 valence electrons. The number of hydrogen-bond donors (Lipinski definition) is 3. The minimum atomic E-state index is -0.429. The summed E-state index contributed by atoms with van der Waals surface area (Å²) < 4.78 is 0. The lowest BCUT2D eigenvalue weighted by atomic mass is 10.1. The molecule has 6 heteroatoms. The average molecular weight is 342 g/mol. The summed E-state index contributed by atoms with van der Waals surface area (Å²) in [6.45, 7) is 2.17. The molecule has 3 N–H and O–H groups in total. The van der Waals surface area contributed by atoms with E-state index in [0.29, 0.717) is 12.1 Å². The van der Waals surface area contributed by atoms with E-state index in [9.17, 15) is 14.7 Å². The van der Waals surface area contributed by atoms with Crippen LogP contribution in [0.5, 0.6) is 0 Å². The number of aliphatic hydroxyl groups is 1. The molecule has 2 heterocycles. The van der Waals surface area contributed by atoms with Crippen molar-refractivity contribution in [1.82, 2.24) is 10.6 Å². The molecule has 0 spiro atoms. The van der Waals surface area contributed by atoms with Crippen LogP contribution in [0.1, 0.15) is 10.4 Å². The second-order valence-electron chi connectivity index (χ2n) is 5.59. The molecular formula is C18H18N2O3S. The molecule has 3 rings (SSSR count). The van der Waals surface area contributed by atoms with Gasteiger partial charge in [-0.25, -0.2) is 0 Å². The molecule has 2 aromatic rings. The quantitative estimate of drug-likeness (QED) is 0.775. The highest BCUT2D eigenvalue weighted by atomic mass is 32.1. The number of thiophene rings is 1. The van der Waals surface area contributed by atoms with Gasteiger partial charge in [0.2, 0.25) is 11.8 Å². The summed E-state index contributed by atoms with van der Waals surface area (Å²) in [6, 6.07) is 12.2. The lowest BCUT2D eigenvalue weighted by molar-refractivity contribution is -0.118. The zero-order valence-electron chi connectivity index (χ0n) is 13.3. The van der Waals surface area contributed by atoms with Gasteiger partial charge < -0.3 is 15.7 Å². The number of benzene rings is 1. The van der Waals surface area contributed by atoms with Crippen LogP contribution < -0.4 is 10.6 Å². The number of carbonyl (C=O) groups is 2. The predicted octanol–water partition coefficient (Wildman–Crippen LogP) is 1.76. The first-order valence-corrected chi connectivity index (χ1v) is 8.45. The summed E-state index contributed by atoms with van der Waals surface area (Å²) >= 11 is 1.73. The number of amides is 2. The molecule has 0 radical (unpaired) electrons. The van der Waals surface area contributed by atoms with Gasteiger partial charge in [0.1, 0.15) is 0 Å². The Morgan fingerprint density at radius 1 is 1.33 bits per heavy atom. The van der Waals surface area contributed by atoms with Crippen molar-refractivity contribution in [3.63, 3.8) is 0 Å². The molecule has 1 aliphatic rings. The zero-order chi connectivity index (χ0) is 17.1. The van der Waals surface area contributed by atoms with Crippen molar-refractivity contribution < 1.29 is 14.7 Å². The topological polar surface area (TPSA) is 78.4 Å². The largest absolute Gasteiger partial charge is 0.391 e. The second-order valence-corrected chi connectivity index (χ2v) is 6.88.